The zero-order valence-corrected chi connectivity index (χ0v) is 25.2. The number of nitrogens with zero attached hydrogens (tertiary/aromatic N) is 2. The molecule has 1 N–H and O–H groups in total. The van der Waals surface area contributed by atoms with Crippen molar-refractivity contribution in [3.63, 3.8) is 0 Å². The lowest BCUT2D eigenvalue weighted by Crippen LogP contribution is -2.53. The second-order valence-corrected chi connectivity index (χ2v) is 12.1. The first-order valence-electron chi connectivity index (χ1n) is 14.1. The molecule has 0 aliphatic heterocycles. The molecule has 0 unspecified atom stereocenters. The second-order valence-electron chi connectivity index (χ2n) is 10.1. The molecular formula is C34H37N3O5S. The fourth-order valence-electron chi connectivity index (χ4n) is 4.69. The van der Waals surface area contributed by atoms with Gasteiger partial charge in [0.2, 0.25) is 21.8 Å². The lowest BCUT2D eigenvalue weighted by molar-refractivity contribution is -0.140. The third-order valence-corrected chi connectivity index (χ3v) is 8.01. The maximum absolute atomic E-state index is 14.1. The van der Waals surface area contributed by atoms with Crippen LogP contribution in [-0.2, 0) is 39.2 Å². The van der Waals surface area contributed by atoms with Crippen LogP contribution in [0, 0.1) is 0 Å². The van der Waals surface area contributed by atoms with Crippen LogP contribution in [0.4, 0.5) is 5.69 Å². The van der Waals surface area contributed by atoms with Crippen LogP contribution in [0.2, 0.25) is 0 Å². The summed E-state index contributed by atoms with van der Waals surface area (Å²) in [6.07, 6.45) is 1.34. The Bertz CT molecular complexity index is 1570. The minimum Gasteiger partial charge on any atom is -0.489 e. The Morgan fingerprint density at radius 3 is 1.84 bits per heavy atom. The summed E-state index contributed by atoms with van der Waals surface area (Å²) in [6.45, 7) is 2.25. The molecule has 0 aromatic heterocycles. The van der Waals surface area contributed by atoms with E-state index >= 15 is 0 Å². The minimum atomic E-state index is -3.86. The van der Waals surface area contributed by atoms with E-state index in [0.717, 1.165) is 27.3 Å². The van der Waals surface area contributed by atoms with Crippen LogP contribution in [0.1, 0.15) is 23.6 Å². The van der Waals surface area contributed by atoms with Crippen molar-refractivity contribution in [2.24, 2.45) is 0 Å². The molecule has 0 fully saturated rings. The van der Waals surface area contributed by atoms with Gasteiger partial charge in [0, 0.05) is 19.5 Å². The smallest absolute Gasteiger partial charge is 0.244 e. The average Bonchev–Trinajstić information content (AvgIpc) is 3.02. The molecule has 0 aliphatic carbocycles. The Morgan fingerprint density at radius 2 is 1.30 bits per heavy atom. The fraction of sp³-hybridized carbons (Fsp3) is 0.235. The Kier molecular flexibility index (Phi) is 10.9. The summed E-state index contributed by atoms with van der Waals surface area (Å²) in [5.74, 6) is -0.232. The number of benzene rings is 4. The van der Waals surface area contributed by atoms with E-state index in [9.17, 15) is 18.0 Å². The third-order valence-electron chi connectivity index (χ3n) is 6.87. The third kappa shape index (κ3) is 9.18. The van der Waals surface area contributed by atoms with Crippen LogP contribution in [0.5, 0.6) is 5.75 Å². The normalized spacial score (nSPS) is 11.8. The molecule has 0 aliphatic rings. The number of rotatable bonds is 14. The summed E-state index contributed by atoms with van der Waals surface area (Å²) >= 11 is 0. The fourth-order valence-corrected chi connectivity index (χ4v) is 5.54. The van der Waals surface area contributed by atoms with Gasteiger partial charge in [-0.3, -0.25) is 13.9 Å². The lowest BCUT2D eigenvalue weighted by Gasteiger charge is -2.33. The van der Waals surface area contributed by atoms with Gasteiger partial charge in [0.15, 0.2) is 0 Å². The molecule has 0 bridgehead atoms. The van der Waals surface area contributed by atoms with E-state index < -0.39 is 28.5 Å². The van der Waals surface area contributed by atoms with Crippen molar-refractivity contribution in [2.45, 2.75) is 32.5 Å². The van der Waals surface area contributed by atoms with Crippen LogP contribution in [0.15, 0.2) is 115 Å². The molecule has 2 amide bonds. The van der Waals surface area contributed by atoms with Gasteiger partial charge in [-0.05, 0) is 47.9 Å². The lowest BCUT2D eigenvalue weighted by atomic mass is 10.0. The van der Waals surface area contributed by atoms with Crippen molar-refractivity contribution in [3.8, 4) is 5.75 Å². The van der Waals surface area contributed by atoms with Crippen LogP contribution >= 0.6 is 0 Å². The molecule has 0 radical (unpaired) electrons. The quantitative estimate of drug-likeness (QED) is 0.225. The number of hydrogen-bond acceptors (Lipinski definition) is 5. The van der Waals surface area contributed by atoms with Crippen molar-refractivity contribution in [3.05, 3.63) is 132 Å². The van der Waals surface area contributed by atoms with Crippen molar-refractivity contribution >= 4 is 27.5 Å². The van der Waals surface area contributed by atoms with Crippen LogP contribution in [0.3, 0.4) is 0 Å². The van der Waals surface area contributed by atoms with Crippen molar-refractivity contribution in [1.29, 1.82) is 0 Å². The number of likely N-dealkylation sites (N-methyl/N-ethyl adjacent to an activating group) is 1. The predicted octanol–water partition coefficient (Wildman–Crippen LogP) is 4.81. The van der Waals surface area contributed by atoms with Gasteiger partial charge < -0.3 is 15.0 Å². The Morgan fingerprint density at radius 1 is 0.767 bits per heavy atom. The summed E-state index contributed by atoms with van der Waals surface area (Å²) < 4.78 is 32.9. The van der Waals surface area contributed by atoms with Gasteiger partial charge in [0.1, 0.15) is 24.9 Å². The summed E-state index contributed by atoms with van der Waals surface area (Å²) in [6, 6.07) is 34.2. The number of nitrogens with one attached hydrogen (secondary N) is 1. The molecular weight excluding hydrogens is 562 g/mol. The maximum Gasteiger partial charge on any atom is 0.244 e. The summed E-state index contributed by atoms with van der Waals surface area (Å²) in [7, 11) is -3.86. The Labute approximate surface area is 254 Å². The molecule has 224 valence electrons. The van der Waals surface area contributed by atoms with Gasteiger partial charge in [-0.2, -0.15) is 0 Å². The molecule has 9 heteroatoms. The molecule has 0 spiro atoms. The van der Waals surface area contributed by atoms with E-state index in [2.05, 4.69) is 5.32 Å². The molecule has 4 aromatic rings. The van der Waals surface area contributed by atoms with E-state index in [1.54, 1.807) is 24.3 Å². The van der Waals surface area contributed by atoms with Crippen molar-refractivity contribution in [1.82, 2.24) is 10.2 Å². The second kappa shape index (κ2) is 15.0. The SMILES string of the molecule is CCNC(=O)[C@H](Cc1ccccc1)N(Cc1ccccc1)C(=O)CN(c1ccc(OCc2ccccc2)cc1)S(C)(=O)=O. The summed E-state index contributed by atoms with van der Waals surface area (Å²) in [5.41, 5.74) is 3.03. The zero-order chi connectivity index (χ0) is 30.7. The Hall–Kier alpha value is -4.63. The highest BCUT2D eigenvalue weighted by atomic mass is 32.2. The van der Waals surface area contributed by atoms with Crippen LogP contribution < -0.4 is 14.4 Å². The van der Waals surface area contributed by atoms with Gasteiger partial charge in [-0.1, -0.05) is 91.0 Å². The summed E-state index contributed by atoms with van der Waals surface area (Å²) in [5, 5.41) is 2.85. The van der Waals surface area contributed by atoms with Crippen LogP contribution in [-0.4, -0.2) is 50.5 Å². The molecule has 8 nitrogen and oxygen atoms in total. The number of carbonyl (C=O) groups excluding carboxylic acids is 2. The van der Waals surface area contributed by atoms with Crippen molar-refractivity contribution in [2.75, 3.05) is 23.7 Å². The molecule has 0 saturated heterocycles. The molecule has 4 rings (SSSR count). The highest BCUT2D eigenvalue weighted by molar-refractivity contribution is 7.92. The topological polar surface area (TPSA) is 96.0 Å². The number of anilines is 1. The summed E-state index contributed by atoms with van der Waals surface area (Å²) in [4.78, 5) is 28.9. The maximum atomic E-state index is 14.1. The monoisotopic (exact) mass is 599 g/mol. The van der Waals surface area contributed by atoms with Gasteiger partial charge in [0.05, 0.1) is 11.9 Å². The number of amides is 2. The highest BCUT2D eigenvalue weighted by Crippen LogP contribution is 2.24. The van der Waals surface area contributed by atoms with Gasteiger partial charge in [-0.25, -0.2) is 8.42 Å². The standard InChI is InChI=1S/C34H37N3O5S/c1-3-35-34(39)32(23-27-13-7-4-8-14-27)36(24-28-15-9-5-10-16-28)33(38)25-37(43(2,40)41)30-19-21-31(22-20-30)42-26-29-17-11-6-12-18-29/h4-22,32H,3,23-26H2,1-2H3,(H,35,39)/t32-/m0/s1. The van der Waals surface area contributed by atoms with Gasteiger partial charge in [0.25, 0.3) is 0 Å². The van der Waals surface area contributed by atoms with E-state index in [1.807, 2.05) is 97.9 Å². The van der Waals surface area contributed by atoms with Crippen molar-refractivity contribution < 1.29 is 22.7 Å². The average molecular weight is 600 g/mol. The Balaban J connectivity index is 1.61. The number of sulfonamides is 1. The minimum absolute atomic E-state index is 0.137. The largest absolute Gasteiger partial charge is 0.489 e. The molecule has 1 atom stereocenters. The molecule has 43 heavy (non-hydrogen) atoms. The first-order valence-corrected chi connectivity index (χ1v) is 16.0. The molecule has 4 aromatic carbocycles. The number of hydrogen-bond donors (Lipinski definition) is 1. The number of carbonyl (C=O) groups is 2. The van der Waals surface area contributed by atoms with E-state index in [1.165, 1.54) is 4.90 Å². The van der Waals surface area contributed by atoms with E-state index in [-0.39, 0.29) is 18.9 Å². The van der Waals surface area contributed by atoms with Gasteiger partial charge >= 0.3 is 0 Å². The van der Waals surface area contributed by atoms with Gasteiger partial charge in [-0.15, -0.1) is 0 Å². The molecule has 0 heterocycles. The van der Waals surface area contributed by atoms with E-state index in [4.69, 9.17) is 4.74 Å². The van der Waals surface area contributed by atoms with Crippen LogP contribution in [0.25, 0.3) is 0 Å². The highest BCUT2D eigenvalue weighted by Gasteiger charge is 2.32. The predicted molar refractivity (Wildman–Crippen MR) is 169 cm³/mol. The zero-order valence-electron chi connectivity index (χ0n) is 24.4. The molecule has 0 saturated carbocycles. The number of ether oxygens (including phenoxy) is 1. The first-order chi connectivity index (χ1) is 20.7. The van der Waals surface area contributed by atoms with E-state index in [0.29, 0.717) is 24.6 Å². The first kappa shape index (κ1) is 31.3.